The molecular formula is C12H15BrO2. The zero-order valence-corrected chi connectivity index (χ0v) is 10.5. The maximum atomic E-state index is 10.5. The minimum absolute atomic E-state index is 0.0112. The average Bonchev–Trinajstić information content (AvgIpc) is 2.10. The van der Waals surface area contributed by atoms with E-state index in [2.05, 4.69) is 48.0 Å². The summed E-state index contributed by atoms with van der Waals surface area (Å²) in [6, 6.07) is 6.25. The van der Waals surface area contributed by atoms with Crippen LogP contribution >= 0.6 is 15.9 Å². The Morgan fingerprint density at radius 1 is 1.40 bits per heavy atom. The minimum atomic E-state index is -0.763. The number of hydrogen-bond acceptors (Lipinski definition) is 1. The number of hydrogen-bond donors (Lipinski definition) is 1. The van der Waals surface area contributed by atoms with Crippen LogP contribution in [0.2, 0.25) is 0 Å². The van der Waals surface area contributed by atoms with Crippen molar-refractivity contribution in [3.05, 3.63) is 34.9 Å². The highest BCUT2D eigenvalue weighted by atomic mass is 79.9. The molecule has 0 saturated heterocycles. The highest BCUT2D eigenvalue weighted by Crippen LogP contribution is 2.16. The molecule has 2 nitrogen and oxygen atoms in total. The van der Waals surface area contributed by atoms with Crippen LogP contribution in [0.3, 0.4) is 0 Å². The van der Waals surface area contributed by atoms with Crippen molar-refractivity contribution in [2.24, 2.45) is 0 Å². The average molecular weight is 271 g/mol. The van der Waals surface area contributed by atoms with Gasteiger partial charge in [-0.3, -0.25) is 4.79 Å². The molecule has 0 aliphatic carbocycles. The van der Waals surface area contributed by atoms with Gasteiger partial charge in [-0.2, -0.15) is 0 Å². The number of alkyl halides is 1. The minimum Gasteiger partial charge on any atom is -0.481 e. The van der Waals surface area contributed by atoms with E-state index in [1.165, 1.54) is 16.7 Å². The van der Waals surface area contributed by atoms with E-state index in [0.717, 1.165) is 6.42 Å². The molecule has 3 heteroatoms. The number of halogens is 1. The van der Waals surface area contributed by atoms with E-state index >= 15 is 0 Å². The Bertz CT molecular complexity index is 361. The number of aryl methyl sites for hydroxylation is 2. The molecule has 0 aliphatic heterocycles. The quantitative estimate of drug-likeness (QED) is 0.854. The van der Waals surface area contributed by atoms with E-state index in [1.807, 2.05) is 0 Å². The van der Waals surface area contributed by atoms with Crippen molar-refractivity contribution in [2.75, 3.05) is 0 Å². The first-order valence-electron chi connectivity index (χ1n) is 4.91. The topological polar surface area (TPSA) is 37.3 Å². The zero-order valence-electron chi connectivity index (χ0n) is 8.96. The van der Waals surface area contributed by atoms with Crippen LogP contribution < -0.4 is 0 Å². The first-order chi connectivity index (χ1) is 6.99. The van der Waals surface area contributed by atoms with Crippen molar-refractivity contribution in [3.8, 4) is 0 Å². The molecule has 0 radical (unpaired) electrons. The summed E-state index contributed by atoms with van der Waals surface area (Å²) in [5, 5.41) is 8.63. The summed E-state index contributed by atoms with van der Waals surface area (Å²) >= 11 is 3.38. The van der Waals surface area contributed by atoms with E-state index in [-0.39, 0.29) is 11.2 Å². The Morgan fingerprint density at radius 3 is 2.60 bits per heavy atom. The van der Waals surface area contributed by atoms with Gasteiger partial charge in [-0.25, -0.2) is 0 Å². The summed E-state index contributed by atoms with van der Waals surface area (Å²) in [6.45, 7) is 4.14. The molecule has 82 valence electrons. The monoisotopic (exact) mass is 270 g/mol. The van der Waals surface area contributed by atoms with Crippen molar-refractivity contribution in [1.29, 1.82) is 0 Å². The number of carbonyl (C=O) groups is 1. The molecule has 0 spiro atoms. The summed E-state index contributed by atoms with van der Waals surface area (Å²) in [5.41, 5.74) is 3.70. The molecule has 1 rings (SSSR count). The van der Waals surface area contributed by atoms with Crippen molar-refractivity contribution in [1.82, 2.24) is 0 Å². The van der Waals surface area contributed by atoms with E-state index in [9.17, 15) is 4.79 Å². The lowest BCUT2D eigenvalue weighted by atomic mass is 10.0. The normalized spacial score (nSPS) is 12.5. The van der Waals surface area contributed by atoms with Crippen LogP contribution in [0.4, 0.5) is 0 Å². The molecule has 0 aromatic heterocycles. The summed E-state index contributed by atoms with van der Waals surface area (Å²) in [7, 11) is 0. The summed E-state index contributed by atoms with van der Waals surface area (Å²) in [4.78, 5) is 10.5. The molecule has 0 amide bonds. The smallest absolute Gasteiger partial charge is 0.304 e. The highest BCUT2D eigenvalue weighted by molar-refractivity contribution is 9.09. The van der Waals surface area contributed by atoms with Gasteiger partial charge in [0.1, 0.15) is 0 Å². The van der Waals surface area contributed by atoms with E-state index < -0.39 is 5.97 Å². The third-order valence-electron chi connectivity index (χ3n) is 2.42. The molecular weight excluding hydrogens is 256 g/mol. The third kappa shape index (κ3) is 4.04. The highest BCUT2D eigenvalue weighted by Gasteiger charge is 2.10. The molecule has 0 aliphatic rings. The van der Waals surface area contributed by atoms with Crippen LogP contribution in [0, 0.1) is 13.8 Å². The van der Waals surface area contributed by atoms with Gasteiger partial charge in [0.25, 0.3) is 0 Å². The number of rotatable bonds is 4. The maximum Gasteiger partial charge on any atom is 0.304 e. The second-order valence-electron chi connectivity index (χ2n) is 3.82. The SMILES string of the molecule is Cc1ccc(CC(Br)CC(=O)O)cc1C. The molecule has 1 N–H and O–H groups in total. The fraction of sp³-hybridized carbons (Fsp3) is 0.417. The van der Waals surface area contributed by atoms with Crippen molar-refractivity contribution in [2.45, 2.75) is 31.5 Å². The van der Waals surface area contributed by atoms with Gasteiger partial charge in [0, 0.05) is 4.83 Å². The Kier molecular flexibility index (Phi) is 4.33. The van der Waals surface area contributed by atoms with E-state index in [1.54, 1.807) is 0 Å². The van der Waals surface area contributed by atoms with Gasteiger partial charge in [0.15, 0.2) is 0 Å². The van der Waals surface area contributed by atoms with Gasteiger partial charge in [0.2, 0.25) is 0 Å². The van der Waals surface area contributed by atoms with Crippen molar-refractivity contribution >= 4 is 21.9 Å². The van der Waals surface area contributed by atoms with Gasteiger partial charge >= 0.3 is 5.97 Å². The largest absolute Gasteiger partial charge is 0.481 e. The summed E-state index contributed by atoms with van der Waals surface area (Å²) in [5.74, 6) is -0.763. The predicted molar refractivity (Wildman–Crippen MR) is 64.6 cm³/mol. The maximum absolute atomic E-state index is 10.5. The first kappa shape index (κ1) is 12.2. The number of carboxylic acid groups (broad SMARTS) is 1. The second kappa shape index (κ2) is 5.31. The van der Waals surface area contributed by atoms with Crippen molar-refractivity contribution in [3.63, 3.8) is 0 Å². The number of benzene rings is 1. The fourth-order valence-corrected chi connectivity index (χ4v) is 2.10. The summed E-state index contributed by atoms with van der Waals surface area (Å²) in [6.07, 6.45) is 0.917. The fourth-order valence-electron chi connectivity index (χ4n) is 1.45. The van der Waals surface area contributed by atoms with E-state index in [4.69, 9.17) is 5.11 Å². The molecule has 1 aromatic rings. The standard InChI is InChI=1S/C12H15BrO2/c1-8-3-4-10(5-9(8)2)6-11(13)7-12(14)15/h3-5,11H,6-7H2,1-2H3,(H,14,15). The molecule has 0 saturated carbocycles. The molecule has 1 unspecified atom stereocenters. The molecule has 15 heavy (non-hydrogen) atoms. The molecule has 0 heterocycles. The Labute approximate surface area is 98.4 Å². The van der Waals surface area contributed by atoms with E-state index in [0.29, 0.717) is 0 Å². The van der Waals surface area contributed by atoms with Crippen LogP contribution in [-0.4, -0.2) is 15.9 Å². The lowest BCUT2D eigenvalue weighted by Crippen LogP contribution is -2.09. The van der Waals surface area contributed by atoms with Crippen LogP contribution in [0.1, 0.15) is 23.1 Å². The van der Waals surface area contributed by atoms with Crippen LogP contribution in [0.25, 0.3) is 0 Å². The number of carboxylic acids is 1. The van der Waals surface area contributed by atoms with Crippen LogP contribution in [-0.2, 0) is 11.2 Å². The Morgan fingerprint density at radius 2 is 2.07 bits per heavy atom. The van der Waals surface area contributed by atoms with Crippen LogP contribution in [0.5, 0.6) is 0 Å². The second-order valence-corrected chi connectivity index (χ2v) is 5.11. The zero-order chi connectivity index (χ0) is 11.4. The molecule has 1 atom stereocenters. The lowest BCUT2D eigenvalue weighted by molar-refractivity contribution is -0.136. The third-order valence-corrected chi connectivity index (χ3v) is 3.07. The molecule has 1 aromatic carbocycles. The molecule has 0 bridgehead atoms. The first-order valence-corrected chi connectivity index (χ1v) is 5.82. The van der Waals surface area contributed by atoms with Gasteiger partial charge < -0.3 is 5.11 Å². The Balaban J connectivity index is 2.64. The van der Waals surface area contributed by atoms with Gasteiger partial charge in [0.05, 0.1) is 6.42 Å². The predicted octanol–water partition coefficient (Wildman–Crippen LogP) is 3.08. The van der Waals surface area contributed by atoms with Crippen LogP contribution in [0.15, 0.2) is 18.2 Å². The van der Waals surface area contributed by atoms with Crippen molar-refractivity contribution < 1.29 is 9.90 Å². The summed E-state index contributed by atoms with van der Waals surface area (Å²) < 4.78 is 0. The van der Waals surface area contributed by atoms with Gasteiger partial charge in [-0.1, -0.05) is 34.1 Å². The number of aliphatic carboxylic acids is 1. The Hall–Kier alpha value is -0.830. The lowest BCUT2D eigenvalue weighted by Gasteiger charge is -2.08. The van der Waals surface area contributed by atoms with Gasteiger partial charge in [-0.05, 0) is 37.0 Å². The molecule has 0 fully saturated rings. The van der Waals surface area contributed by atoms with Gasteiger partial charge in [-0.15, -0.1) is 0 Å².